The van der Waals surface area contributed by atoms with Crippen molar-refractivity contribution in [1.29, 1.82) is 0 Å². The van der Waals surface area contributed by atoms with E-state index < -0.39 is 13.0 Å². The molecule has 1 aromatic carbocycles. The lowest BCUT2D eigenvalue weighted by Gasteiger charge is -2.27. The van der Waals surface area contributed by atoms with Gasteiger partial charge in [-0.1, -0.05) is 78.2 Å². The Morgan fingerprint density at radius 1 is 1.05 bits per heavy atom. The van der Waals surface area contributed by atoms with Crippen LogP contribution < -0.4 is 10.0 Å². The Hall–Kier alpha value is -2.54. The van der Waals surface area contributed by atoms with Crippen LogP contribution in [0.25, 0.3) is 10.9 Å². The Bertz CT molecular complexity index is 1000. The molecule has 0 radical (unpaired) electrons. The number of rotatable bonds is 9. The van der Waals surface area contributed by atoms with Gasteiger partial charge in [0.15, 0.2) is 0 Å². The van der Waals surface area contributed by atoms with Crippen LogP contribution in [0.5, 0.6) is 0 Å². The van der Waals surface area contributed by atoms with E-state index in [-0.39, 0.29) is 0 Å². The van der Waals surface area contributed by atoms with Crippen molar-refractivity contribution in [2.24, 2.45) is 11.8 Å². The number of hydrogen-bond acceptors (Lipinski definition) is 6. The van der Waals surface area contributed by atoms with E-state index in [1.54, 1.807) is 6.08 Å². The molecule has 9 heteroatoms. The normalized spacial score (nSPS) is 16.6. The summed E-state index contributed by atoms with van der Waals surface area (Å²) >= 11 is 1.47. The lowest BCUT2D eigenvalue weighted by Crippen LogP contribution is -2.22. The van der Waals surface area contributed by atoms with Crippen LogP contribution in [0.4, 0.5) is 19.0 Å². The Morgan fingerprint density at radius 3 is 2.17 bits per heavy atom. The third-order valence-corrected chi connectivity index (χ3v) is 6.89. The molecule has 1 aliphatic rings. The summed E-state index contributed by atoms with van der Waals surface area (Å²) in [4.78, 5) is 9.53. The average Bonchev–Trinajstić information content (AvgIpc) is 3.01. The van der Waals surface area contributed by atoms with Gasteiger partial charge >= 0.3 is 6.36 Å². The fourth-order valence-electron chi connectivity index (χ4n) is 3.97. The molecule has 2 aromatic rings. The molecular weight excluding hydrogens is 545 g/mol. The highest BCUT2D eigenvalue weighted by Crippen LogP contribution is 2.30. The zero-order valence-electron chi connectivity index (χ0n) is 26.1. The summed E-state index contributed by atoms with van der Waals surface area (Å²) in [6, 6.07) is 7.97. The summed E-state index contributed by atoms with van der Waals surface area (Å²) in [6.07, 6.45) is 14.8. The average molecular weight is 597 g/mol. The molecule has 0 spiro atoms. The van der Waals surface area contributed by atoms with Gasteiger partial charge in [-0.3, -0.25) is 9.46 Å². The highest BCUT2D eigenvalue weighted by molar-refractivity contribution is 8.01. The fraction of sp³-hybridized carbons (Fsp3) is 0.562. The number of aromatic nitrogens is 2. The summed E-state index contributed by atoms with van der Waals surface area (Å²) < 4.78 is 42.5. The van der Waals surface area contributed by atoms with Crippen molar-refractivity contribution in [3.05, 3.63) is 53.2 Å². The number of ether oxygens (including phenoxy) is 1. The molecule has 0 atom stereocenters. The number of halogens is 3. The number of aryl methyl sites for hydroxylation is 1. The van der Waals surface area contributed by atoms with Crippen LogP contribution in [0.15, 0.2) is 47.4 Å². The maximum Gasteiger partial charge on any atom is 0.522 e. The van der Waals surface area contributed by atoms with Gasteiger partial charge in [-0.15, -0.1) is 26.0 Å². The largest absolute Gasteiger partial charge is 0.522 e. The van der Waals surface area contributed by atoms with E-state index in [4.69, 9.17) is 0 Å². The van der Waals surface area contributed by atoms with Gasteiger partial charge in [-0.05, 0) is 68.7 Å². The van der Waals surface area contributed by atoms with Crippen LogP contribution in [0.2, 0.25) is 0 Å². The number of benzene rings is 1. The minimum absolute atomic E-state index is 0.456. The van der Waals surface area contributed by atoms with Crippen LogP contribution in [0.3, 0.4) is 0 Å². The van der Waals surface area contributed by atoms with Crippen LogP contribution in [-0.4, -0.2) is 36.5 Å². The second-order valence-electron chi connectivity index (χ2n) is 8.48. The maximum atomic E-state index is 11.8. The van der Waals surface area contributed by atoms with Gasteiger partial charge < -0.3 is 5.32 Å². The molecule has 3 rings (SSSR count). The van der Waals surface area contributed by atoms with Crippen LogP contribution in [0, 0.1) is 31.6 Å². The summed E-state index contributed by atoms with van der Waals surface area (Å²) in [7, 11) is 1.87. The third kappa shape index (κ3) is 18.5. The van der Waals surface area contributed by atoms with Crippen molar-refractivity contribution in [1.82, 2.24) is 14.7 Å². The molecule has 0 bridgehead atoms. The molecular formula is C32H51F3N4OS. The third-order valence-electron chi connectivity index (χ3n) is 5.97. The SMILES string of the molecule is C#C.C/C=C(\C=C/COC(F)(F)F)SNCC1CCC(CC)CC1.CC.CC.CNc1nc(C)nc2ccccc12. The van der Waals surface area contributed by atoms with Crippen molar-refractivity contribution in [2.75, 3.05) is 25.5 Å². The summed E-state index contributed by atoms with van der Waals surface area (Å²) in [5.41, 5.74) is 0.986. The molecule has 1 heterocycles. The van der Waals surface area contributed by atoms with E-state index in [0.29, 0.717) is 5.92 Å². The minimum atomic E-state index is -4.57. The van der Waals surface area contributed by atoms with Gasteiger partial charge in [0.2, 0.25) is 0 Å². The van der Waals surface area contributed by atoms with Gasteiger partial charge in [0, 0.05) is 23.9 Å². The smallest absolute Gasteiger partial charge is 0.373 e. The topological polar surface area (TPSA) is 59.1 Å². The molecule has 2 N–H and O–H groups in total. The number of nitrogens with one attached hydrogen (secondary N) is 2. The second kappa shape index (κ2) is 25.2. The van der Waals surface area contributed by atoms with Crippen molar-refractivity contribution in [3.63, 3.8) is 0 Å². The molecule has 0 aliphatic heterocycles. The van der Waals surface area contributed by atoms with Crippen LogP contribution in [0.1, 0.15) is 79.5 Å². The molecule has 1 fully saturated rings. The quantitative estimate of drug-likeness (QED) is 0.171. The monoisotopic (exact) mass is 596 g/mol. The highest BCUT2D eigenvalue weighted by Gasteiger charge is 2.28. The molecule has 1 aliphatic carbocycles. The minimum Gasteiger partial charge on any atom is -0.373 e. The molecule has 0 unspecified atom stereocenters. The standard InChI is InChI=1S/C16H26F3NOS.C10H11N3.2C2H6.C2H2/c1-3-13-7-9-14(10-8-13)12-20-22-15(4-2)6-5-11-21-16(17,18)19;1-7-12-9-6-4-3-5-8(9)10(11-2)13-7;3*1-2/h4-6,13-14,20H,3,7-12H2,1-2H3;3-6H,1-2H3,(H,11,12,13);2*1-2H3;1-2H/b6-5-,15-4+;;;;. The van der Waals surface area contributed by atoms with Crippen molar-refractivity contribution >= 4 is 28.7 Å². The molecule has 232 valence electrons. The van der Waals surface area contributed by atoms with Gasteiger partial charge in [0.25, 0.3) is 0 Å². The number of terminal acetylenes is 1. The molecule has 1 aromatic heterocycles. The second-order valence-corrected chi connectivity index (χ2v) is 9.45. The Morgan fingerprint density at radius 2 is 1.63 bits per heavy atom. The summed E-state index contributed by atoms with van der Waals surface area (Å²) in [5, 5.41) is 4.13. The van der Waals surface area contributed by atoms with Gasteiger partial charge in [-0.25, -0.2) is 9.97 Å². The number of anilines is 1. The van der Waals surface area contributed by atoms with E-state index in [1.807, 2.05) is 78.9 Å². The first-order valence-electron chi connectivity index (χ1n) is 14.4. The number of fused-ring (bicyclic) bond motifs is 1. The lowest BCUT2D eigenvalue weighted by atomic mass is 9.81. The molecule has 0 amide bonds. The number of nitrogens with zero attached hydrogens (tertiary/aromatic N) is 2. The zero-order chi connectivity index (χ0) is 31.7. The molecule has 0 saturated heterocycles. The highest BCUT2D eigenvalue weighted by atomic mass is 32.2. The Kier molecular flexibility index (Phi) is 24.9. The first kappa shape index (κ1) is 40.6. The number of allylic oxidation sites excluding steroid dienone is 2. The summed E-state index contributed by atoms with van der Waals surface area (Å²) in [6.45, 7) is 14.5. The zero-order valence-corrected chi connectivity index (χ0v) is 27.0. The van der Waals surface area contributed by atoms with Crippen molar-refractivity contribution in [3.8, 4) is 12.8 Å². The van der Waals surface area contributed by atoms with Gasteiger partial charge in [-0.2, -0.15) is 0 Å². The predicted molar refractivity (Wildman–Crippen MR) is 173 cm³/mol. The van der Waals surface area contributed by atoms with E-state index in [2.05, 4.69) is 44.5 Å². The van der Waals surface area contributed by atoms with E-state index in [0.717, 1.165) is 39.9 Å². The van der Waals surface area contributed by atoms with E-state index in [1.165, 1.54) is 50.1 Å². The van der Waals surface area contributed by atoms with Gasteiger partial charge in [0.1, 0.15) is 11.6 Å². The lowest BCUT2D eigenvalue weighted by molar-refractivity contribution is -0.319. The van der Waals surface area contributed by atoms with E-state index in [9.17, 15) is 13.2 Å². The predicted octanol–water partition coefficient (Wildman–Crippen LogP) is 9.72. The van der Waals surface area contributed by atoms with Crippen LogP contribution >= 0.6 is 11.9 Å². The fourth-order valence-corrected chi connectivity index (χ4v) is 4.73. The maximum absolute atomic E-state index is 11.8. The van der Waals surface area contributed by atoms with Crippen molar-refractivity contribution < 1.29 is 17.9 Å². The van der Waals surface area contributed by atoms with Crippen LogP contribution in [-0.2, 0) is 4.74 Å². The van der Waals surface area contributed by atoms with Gasteiger partial charge in [0.05, 0.1) is 12.1 Å². The van der Waals surface area contributed by atoms with Crippen molar-refractivity contribution in [2.45, 2.75) is 86.9 Å². The molecule has 1 saturated carbocycles. The number of hydrogen-bond donors (Lipinski definition) is 2. The molecule has 5 nitrogen and oxygen atoms in total. The Labute approximate surface area is 251 Å². The number of alkyl halides is 3. The number of para-hydroxylation sites is 1. The van der Waals surface area contributed by atoms with E-state index >= 15 is 0 Å². The first-order chi connectivity index (χ1) is 19.8. The first-order valence-corrected chi connectivity index (χ1v) is 15.2. The molecule has 41 heavy (non-hydrogen) atoms. The summed E-state index contributed by atoms with van der Waals surface area (Å²) in [5.74, 6) is 3.30. The Balaban J connectivity index is 0.